The molecule has 26 heavy (non-hydrogen) atoms. The van der Waals surface area contributed by atoms with Crippen molar-refractivity contribution in [2.75, 3.05) is 6.61 Å². The van der Waals surface area contributed by atoms with Gasteiger partial charge in [0.05, 0.1) is 0 Å². The molecule has 0 radical (unpaired) electrons. The molecular weight excluding hydrogens is 342 g/mol. The Bertz CT molecular complexity index is 742. The van der Waals surface area contributed by atoms with Crippen LogP contribution in [-0.2, 0) is 9.22 Å². The molecule has 1 atom stereocenters. The van der Waals surface area contributed by atoms with E-state index in [-0.39, 0.29) is 11.6 Å². The predicted molar refractivity (Wildman–Crippen MR) is 107 cm³/mol. The third kappa shape index (κ3) is 4.04. The summed E-state index contributed by atoms with van der Waals surface area (Å²) < 4.78 is 6.63. The SMILES string of the molecule is CC(CO[Si](c1ccccc1)(c1ccccc1)C(C)(C)C)C(=O)N=[N+]=[N-]. The van der Waals surface area contributed by atoms with Crippen molar-refractivity contribution in [1.29, 1.82) is 0 Å². The molecule has 0 aliphatic carbocycles. The van der Waals surface area contributed by atoms with Crippen LogP contribution in [0.2, 0.25) is 5.04 Å². The summed E-state index contributed by atoms with van der Waals surface area (Å²) >= 11 is 0. The summed E-state index contributed by atoms with van der Waals surface area (Å²) in [6.07, 6.45) is 0. The van der Waals surface area contributed by atoms with Gasteiger partial charge in [0.1, 0.15) is 0 Å². The average Bonchev–Trinajstić information content (AvgIpc) is 2.63. The van der Waals surface area contributed by atoms with Crippen LogP contribution in [0.5, 0.6) is 0 Å². The molecule has 2 aromatic carbocycles. The molecule has 0 spiro atoms. The molecule has 1 amide bonds. The van der Waals surface area contributed by atoms with Gasteiger partial charge in [-0.05, 0) is 26.1 Å². The molecule has 6 heteroatoms. The van der Waals surface area contributed by atoms with Crippen LogP contribution in [0.25, 0.3) is 10.4 Å². The maximum Gasteiger partial charge on any atom is 0.261 e. The van der Waals surface area contributed by atoms with Gasteiger partial charge >= 0.3 is 0 Å². The Labute approximate surface area is 155 Å². The van der Waals surface area contributed by atoms with Crippen molar-refractivity contribution in [3.63, 3.8) is 0 Å². The molecule has 1 unspecified atom stereocenters. The normalized spacial score (nSPS) is 12.9. The highest BCUT2D eigenvalue weighted by Crippen LogP contribution is 2.37. The molecule has 0 aliphatic heterocycles. The minimum absolute atomic E-state index is 0.156. The Kier molecular flexibility index (Phi) is 6.37. The fourth-order valence-electron chi connectivity index (χ4n) is 3.23. The monoisotopic (exact) mass is 367 g/mol. The number of rotatable bonds is 6. The van der Waals surface area contributed by atoms with E-state index in [2.05, 4.69) is 55.1 Å². The summed E-state index contributed by atoms with van der Waals surface area (Å²) in [5, 5.41) is 5.36. The maximum absolute atomic E-state index is 11.9. The largest absolute Gasteiger partial charge is 0.407 e. The summed E-state index contributed by atoms with van der Waals surface area (Å²) in [6, 6.07) is 20.5. The van der Waals surface area contributed by atoms with Crippen molar-refractivity contribution >= 4 is 24.6 Å². The maximum atomic E-state index is 11.9. The summed E-state index contributed by atoms with van der Waals surface area (Å²) in [5.41, 5.74) is 8.50. The lowest BCUT2D eigenvalue weighted by Gasteiger charge is -2.43. The number of benzene rings is 2. The minimum atomic E-state index is -2.67. The molecule has 0 aromatic heterocycles. The average molecular weight is 368 g/mol. The lowest BCUT2D eigenvalue weighted by molar-refractivity contribution is -0.122. The smallest absolute Gasteiger partial charge is 0.261 e. The van der Waals surface area contributed by atoms with Crippen molar-refractivity contribution in [2.45, 2.75) is 32.7 Å². The molecule has 136 valence electrons. The number of carbonyl (C=O) groups excluding carboxylic acids is 1. The van der Waals surface area contributed by atoms with E-state index in [0.29, 0.717) is 0 Å². The summed E-state index contributed by atoms with van der Waals surface area (Å²) in [6.45, 7) is 8.48. The van der Waals surface area contributed by atoms with Crippen LogP contribution in [0.1, 0.15) is 27.7 Å². The second kappa shape index (κ2) is 8.32. The quantitative estimate of drug-likeness (QED) is 0.334. The Morgan fingerprint density at radius 2 is 1.54 bits per heavy atom. The van der Waals surface area contributed by atoms with Crippen molar-refractivity contribution in [3.05, 3.63) is 71.1 Å². The number of hydrogen-bond acceptors (Lipinski definition) is 2. The Morgan fingerprint density at radius 1 is 1.08 bits per heavy atom. The first-order chi connectivity index (χ1) is 12.3. The van der Waals surface area contributed by atoms with E-state index in [9.17, 15) is 4.79 Å². The van der Waals surface area contributed by atoms with Gasteiger partial charge in [-0.3, -0.25) is 4.79 Å². The van der Waals surface area contributed by atoms with E-state index < -0.39 is 20.1 Å². The number of azide groups is 1. The molecule has 0 aliphatic rings. The number of amides is 1. The van der Waals surface area contributed by atoms with Crippen LogP contribution in [0.15, 0.2) is 65.8 Å². The first-order valence-electron chi connectivity index (χ1n) is 8.67. The third-order valence-corrected chi connectivity index (χ3v) is 9.54. The second-order valence-corrected chi connectivity index (χ2v) is 11.7. The van der Waals surface area contributed by atoms with E-state index in [0.717, 1.165) is 10.4 Å². The molecular formula is C20H25N3O2Si. The standard InChI is InChI=1S/C20H25N3O2Si/c1-16(19(24)22-23-21)15-25-26(20(2,3)4,17-11-7-5-8-12-17)18-13-9-6-10-14-18/h5-14,16H,15H2,1-4H3. The van der Waals surface area contributed by atoms with E-state index >= 15 is 0 Å². The molecule has 0 fully saturated rings. The van der Waals surface area contributed by atoms with E-state index in [1.807, 2.05) is 36.4 Å². The first-order valence-corrected chi connectivity index (χ1v) is 10.6. The van der Waals surface area contributed by atoms with E-state index in [1.54, 1.807) is 6.92 Å². The molecule has 0 saturated heterocycles. The van der Waals surface area contributed by atoms with E-state index in [4.69, 9.17) is 9.96 Å². The molecule has 0 saturated carbocycles. The zero-order chi connectivity index (χ0) is 19.2. The highest BCUT2D eigenvalue weighted by molar-refractivity contribution is 6.99. The van der Waals surface area contributed by atoms with Crippen molar-refractivity contribution in [2.24, 2.45) is 11.0 Å². The zero-order valence-corrected chi connectivity index (χ0v) is 16.7. The second-order valence-electron chi connectivity index (χ2n) is 7.40. The van der Waals surface area contributed by atoms with Crippen LogP contribution in [0.3, 0.4) is 0 Å². The van der Waals surface area contributed by atoms with Gasteiger partial charge in [0.15, 0.2) is 0 Å². The Hall–Kier alpha value is -2.40. The topological polar surface area (TPSA) is 75.1 Å². The van der Waals surface area contributed by atoms with Crippen LogP contribution >= 0.6 is 0 Å². The van der Waals surface area contributed by atoms with Gasteiger partial charge in [-0.15, -0.1) is 0 Å². The molecule has 0 heterocycles. The number of carbonyl (C=O) groups is 1. The lowest BCUT2D eigenvalue weighted by atomic mass is 10.2. The van der Waals surface area contributed by atoms with Gasteiger partial charge in [-0.1, -0.05) is 88.4 Å². The van der Waals surface area contributed by atoms with Gasteiger partial charge in [0, 0.05) is 17.4 Å². The Balaban J connectivity index is 2.54. The van der Waals surface area contributed by atoms with Crippen molar-refractivity contribution < 1.29 is 9.22 Å². The van der Waals surface area contributed by atoms with Crippen LogP contribution in [0.4, 0.5) is 0 Å². The highest BCUT2D eigenvalue weighted by Gasteiger charge is 2.50. The number of hydrogen-bond donors (Lipinski definition) is 0. The third-order valence-electron chi connectivity index (χ3n) is 4.53. The minimum Gasteiger partial charge on any atom is -0.407 e. The summed E-state index contributed by atoms with van der Waals surface area (Å²) in [5.74, 6) is -0.988. The lowest BCUT2D eigenvalue weighted by Crippen LogP contribution is -2.67. The fraction of sp³-hybridized carbons (Fsp3) is 0.350. The Morgan fingerprint density at radius 3 is 1.92 bits per heavy atom. The fourth-order valence-corrected chi connectivity index (χ4v) is 7.88. The van der Waals surface area contributed by atoms with Gasteiger partial charge in [0.25, 0.3) is 8.32 Å². The molecule has 5 nitrogen and oxygen atoms in total. The van der Waals surface area contributed by atoms with Crippen LogP contribution < -0.4 is 10.4 Å². The zero-order valence-electron chi connectivity index (χ0n) is 15.7. The highest BCUT2D eigenvalue weighted by atomic mass is 28.4. The van der Waals surface area contributed by atoms with E-state index in [1.165, 1.54) is 0 Å². The summed E-state index contributed by atoms with van der Waals surface area (Å²) in [4.78, 5) is 14.5. The van der Waals surface area contributed by atoms with Gasteiger partial charge < -0.3 is 4.43 Å². The van der Waals surface area contributed by atoms with Crippen molar-refractivity contribution in [1.82, 2.24) is 0 Å². The molecule has 2 aromatic rings. The number of nitrogens with zero attached hydrogens (tertiary/aromatic N) is 3. The predicted octanol–water partition coefficient (Wildman–Crippen LogP) is 4.04. The van der Waals surface area contributed by atoms with Gasteiger partial charge in [-0.25, -0.2) is 0 Å². The molecule has 0 bridgehead atoms. The van der Waals surface area contributed by atoms with Gasteiger partial charge in [0.2, 0.25) is 5.91 Å². The van der Waals surface area contributed by atoms with Crippen molar-refractivity contribution in [3.8, 4) is 0 Å². The molecule has 2 rings (SSSR count). The van der Waals surface area contributed by atoms with Crippen LogP contribution in [-0.4, -0.2) is 20.8 Å². The summed E-state index contributed by atoms with van der Waals surface area (Å²) in [7, 11) is -2.67. The van der Waals surface area contributed by atoms with Crippen LogP contribution in [0, 0.1) is 5.92 Å². The molecule has 0 N–H and O–H groups in total. The first kappa shape index (κ1) is 19.9. The van der Waals surface area contributed by atoms with Gasteiger partial charge in [-0.2, -0.15) is 0 Å².